The maximum atomic E-state index is 5.33. The quantitative estimate of drug-likeness (QED) is 0.733. The van der Waals surface area contributed by atoms with E-state index in [-0.39, 0.29) is 0 Å². The minimum Gasteiger partial charge on any atom is -0.379 e. The lowest BCUT2D eigenvalue weighted by Gasteiger charge is -2.26. The molecule has 0 aromatic carbocycles. The van der Waals surface area contributed by atoms with Crippen LogP contribution in [0.2, 0.25) is 0 Å². The number of rotatable bonds is 6. The van der Waals surface area contributed by atoms with Crippen molar-refractivity contribution >= 4 is 11.8 Å². The summed E-state index contributed by atoms with van der Waals surface area (Å²) in [4.78, 5) is 2.43. The van der Waals surface area contributed by atoms with Crippen LogP contribution < -0.4 is 5.32 Å². The molecule has 0 radical (unpaired) electrons. The van der Waals surface area contributed by atoms with Gasteiger partial charge in [-0.3, -0.25) is 4.90 Å². The molecule has 1 aliphatic rings. The van der Waals surface area contributed by atoms with Crippen molar-refractivity contribution in [1.29, 1.82) is 0 Å². The van der Waals surface area contributed by atoms with Gasteiger partial charge in [0.15, 0.2) is 5.16 Å². The van der Waals surface area contributed by atoms with E-state index >= 15 is 0 Å². The van der Waals surface area contributed by atoms with Crippen LogP contribution in [0.4, 0.5) is 0 Å². The van der Waals surface area contributed by atoms with Crippen LogP contribution in [0.5, 0.6) is 0 Å². The molecule has 1 N–H and O–H groups in total. The van der Waals surface area contributed by atoms with Crippen molar-refractivity contribution in [2.45, 2.75) is 11.7 Å². The number of morpholine rings is 1. The molecule has 102 valence electrons. The second-order valence-corrected chi connectivity index (χ2v) is 5.35. The van der Waals surface area contributed by atoms with Crippen LogP contribution >= 0.6 is 11.8 Å². The second-order valence-electron chi connectivity index (χ2n) is 4.29. The van der Waals surface area contributed by atoms with Crippen LogP contribution in [-0.4, -0.2) is 65.3 Å². The Morgan fingerprint density at radius 3 is 2.83 bits per heavy atom. The third kappa shape index (κ3) is 3.68. The van der Waals surface area contributed by atoms with E-state index < -0.39 is 0 Å². The van der Waals surface area contributed by atoms with Crippen molar-refractivity contribution in [2.24, 2.45) is 7.05 Å². The second kappa shape index (κ2) is 7.08. The van der Waals surface area contributed by atoms with Crippen molar-refractivity contribution in [3.8, 4) is 0 Å². The van der Waals surface area contributed by atoms with Crippen LogP contribution in [0.15, 0.2) is 5.16 Å². The summed E-state index contributed by atoms with van der Waals surface area (Å²) in [5, 5.41) is 12.5. The van der Waals surface area contributed by atoms with E-state index in [0.29, 0.717) is 0 Å². The smallest absolute Gasteiger partial charge is 0.191 e. The Bertz CT molecular complexity index is 364. The van der Waals surface area contributed by atoms with Crippen LogP contribution in [-0.2, 0) is 18.3 Å². The lowest BCUT2D eigenvalue weighted by molar-refractivity contribution is 0.0410. The molecule has 0 unspecified atom stereocenters. The maximum absolute atomic E-state index is 5.33. The van der Waals surface area contributed by atoms with Crippen molar-refractivity contribution in [2.75, 3.05) is 45.6 Å². The van der Waals surface area contributed by atoms with Gasteiger partial charge in [-0.2, -0.15) is 0 Å². The lowest BCUT2D eigenvalue weighted by Crippen LogP contribution is -2.37. The highest BCUT2D eigenvalue weighted by molar-refractivity contribution is 7.99. The van der Waals surface area contributed by atoms with E-state index in [2.05, 4.69) is 25.0 Å². The molecule has 0 bridgehead atoms. The topological polar surface area (TPSA) is 55.2 Å². The minimum absolute atomic E-state index is 0.757. The van der Waals surface area contributed by atoms with Crippen LogP contribution in [0.3, 0.4) is 0 Å². The molecule has 18 heavy (non-hydrogen) atoms. The largest absolute Gasteiger partial charge is 0.379 e. The summed E-state index contributed by atoms with van der Waals surface area (Å²) in [5.41, 5.74) is 0. The predicted octanol–water partition coefficient (Wildman–Crippen LogP) is -0.0412. The van der Waals surface area contributed by atoms with Crippen molar-refractivity contribution in [3.63, 3.8) is 0 Å². The summed E-state index contributed by atoms with van der Waals surface area (Å²) in [6.45, 7) is 5.66. The molecule has 7 heteroatoms. The van der Waals surface area contributed by atoms with Crippen LogP contribution in [0.1, 0.15) is 5.82 Å². The number of nitrogens with one attached hydrogen (secondary N) is 1. The monoisotopic (exact) mass is 271 g/mol. The number of hydrogen-bond acceptors (Lipinski definition) is 6. The molecule has 1 aromatic rings. The Morgan fingerprint density at radius 2 is 2.11 bits per heavy atom. The van der Waals surface area contributed by atoms with Crippen molar-refractivity contribution < 1.29 is 4.74 Å². The highest BCUT2D eigenvalue weighted by Crippen LogP contribution is 2.15. The predicted molar refractivity (Wildman–Crippen MR) is 71.7 cm³/mol. The van der Waals surface area contributed by atoms with Gasteiger partial charge in [0.2, 0.25) is 0 Å². The zero-order chi connectivity index (χ0) is 12.8. The molecule has 0 aliphatic carbocycles. The molecule has 1 saturated heterocycles. The highest BCUT2D eigenvalue weighted by atomic mass is 32.2. The van der Waals surface area contributed by atoms with E-state index in [4.69, 9.17) is 4.74 Å². The Morgan fingerprint density at radius 1 is 1.33 bits per heavy atom. The fourth-order valence-electron chi connectivity index (χ4n) is 1.87. The maximum Gasteiger partial charge on any atom is 0.191 e. The Kier molecular flexibility index (Phi) is 5.43. The van der Waals surface area contributed by atoms with Gasteiger partial charge in [0.05, 0.1) is 19.8 Å². The van der Waals surface area contributed by atoms with Crippen molar-refractivity contribution in [3.05, 3.63) is 5.82 Å². The summed E-state index contributed by atoms with van der Waals surface area (Å²) >= 11 is 1.77. The molecular formula is C11H21N5OS. The summed E-state index contributed by atoms with van der Waals surface area (Å²) < 4.78 is 7.39. The molecule has 2 heterocycles. The first-order chi connectivity index (χ1) is 8.81. The van der Waals surface area contributed by atoms with Gasteiger partial charge >= 0.3 is 0 Å². The molecule has 0 amide bonds. The molecule has 0 spiro atoms. The fourth-order valence-corrected chi connectivity index (χ4v) is 2.80. The minimum atomic E-state index is 0.757. The standard InChI is InChI=1S/C11H21N5OS/c1-12-9-10-13-14-11(15(10)2)18-8-5-16-3-6-17-7-4-16/h12H,3-9H2,1-2H3. The highest BCUT2D eigenvalue weighted by Gasteiger charge is 2.12. The molecule has 1 aromatic heterocycles. The normalized spacial score (nSPS) is 17.2. The molecular weight excluding hydrogens is 250 g/mol. The average Bonchev–Trinajstić information content (AvgIpc) is 2.73. The van der Waals surface area contributed by atoms with Gasteiger partial charge in [0.25, 0.3) is 0 Å². The third-order valence-electron chi connectivity index (χ3n) is 3.00. The Labute approximate surface area is 112 Å². The SMILES string of the molecule is CNCc1nnc(SCCN2CCOCC2)n1C. The van der Waals surface area contributed by atoms with Gasteiger partial charge in [0, 0.05) is 32.4 Å². The summed E-state index contributed by atoms with van der Waals surface area (Å²) in [5.74, 6) is 2.03. The fraction of sp³-hybridized carbons (Fsp3) is 0.818. The third-order valence-corrected chi connectivity index (χ3v) is 4.00. The van der Waals surface area contributed by atoms with Crippen LogP contribution in [0, 0.1) is 0 Å². The van der Waals surface area contributed by atoms with E-state index in [0.717, 1.165) is 56.1 Å². The van der Waals surface area contributed by atoms with E-state index in [9.17, 15) is 0 Å². The molecule has 2 rings (SSSR count). The molecule has 0 saturated carbocycles. The van der Waals surface area contributed by atoms with Crippen molar-refractivity contribution in [1.82, 2.24) is 25.0 Å². The zero-order valence-corrected chi connectivity index (χ0v) is 11.9. The van der Waals surface area contributed by atoms with Crippen LogP contribution in [0.25, 0.3) is 0 Å². The van der Waals surface area contributed by atoms with Gasteiger partial charge < -0.3 is 14.6 Å². The van der Waals surface area contributed by atoms with Gasteiger partial charge in [-0.1, -0.05) is 11.8 Å². The summed E-state index contributed by atoms with van der Waals surface area (Å²) in [6.07, 6.45) is 0. The van der Waals surface area contributed by atoms with Gasteiger partial charge in [-0.25, -0.2) is 0 Å². The Balaban J connectivity index is 1.75. The summed E-state index contributed by atoms with van der Waals surface area (Å²) in [7, 11) is 3.93. The average molecular weight is 271 g/mol. The van der Waals surface area contributed by atoms with E-state index in [1.165, 1.54) is 0 Å². The molecule has 6 nitrogen and oxygen atoms in total. The summed E-state index contributed by atoms with van der Waals surface area (Å²) in [6, 6.07) is 0. The molecule has 1 aliphatic heterocycles. The number of ether oxygens (including phenoxy) is 1. The van der Waals surface area contributed by atoms with Gasteiger partial charge in [-0.15, -0.1) is 10.2 Å². The number of thioether (sulfide) groups is 1. The lowest BCUT2D eigenvalue weighted by atomic mass is 10.4. The van der Waals surface area contributed by atoms with E-state index in [1.807, 2.05) is 14.1 Å². The number of aromatic nitrogens is 3. The zero-order valence-electron chi connectivity index (χ0n) is 11.1. The first-order valence-electron chi connectivity index (χ1n) is 6.27. The van der Waals surface area contributed by atoms with Gasteiger partial charge in [0.1, 0.15) is 5.82 Å². The first-order valence-corrected chi connectivity index (χ1v) is 7.25. The van der Waals surface area contributed by atoms with E-state index in [1.54, 1.807) is 11.8 Å². The molecule has 1 fully saturated rings. The first kappa shape index (κ1) is 13.8. The number of hydrogen-bond donors (Lipinski definition) is 1. The molecule has 0 atom stereocenters. The van der Waals surface area contributed by atoms with Gasteiger partial charge in [-0.05, 0) is 7.05 Å². The number of nitrogens with zero attached hydrogens (tertiary/aromatic N) is 4. The Hall–Kier alpha value is -0.630.